The van der Waals surface area contributed by atoms with Gasteiger partial charge in [-0.2, -0.15) is 0 Å². The summed E-state index contributed by atoms with van der Waals surface area (Å²) in [6.07, 6.45) is 12.7. The molecule has 2 aliphatic heterocycles. The van der Waals surface area contributed by atoms with Gasteiger partial charge in [-0.1, -0.05) is 35.3 Å². The van der Waals surface area contributed by atoms with Crippen molar-refractivity contribution in [1.29, 1.82) is 0 Å². The number of hydrogen-bond acceptors (Lipinski definition) is 6. The SMILES string of the molecule is CC(C)(C)OC(=O)NCCCC(=O)N1CCC(C2c3ccc(Cl)cc3CCc3cc(Br)cnc32)CC1.Clc1ccc2c(c1)CCc1cc(Br)cnc1C2C1CCNCC1. The number of piperidine rings is 2. The van der Waals surface area contributed by atoms with E-state index in [4.69, 9.17) is 37.9 Å². The third-order valence-corrected chi connectivity index (χ3v) is 13.5. The van der Waals surface area contributed by atoms with Gasteiger partial charge in [0.2, 0.25) is 5.91 Å². The molecular formula is C47H55Br2Cl2N5O3. The molecule has 0 spiro atoms. The summed E-state index contributed by atoms with van der Waals surface area (Å²) in [6, 6.07) is 17.2. The fraction of sp³-hybridized carbons (Fsp3) is 0.489. The van der Waals surface area contributed by atoms with E-state index in [2.05, 4.69) is 78.9 Å². The molecule has 59 heavy (non-hydrogen) atoms. The Labute approximate surface area is 376 Å². The van der Waals surface area contributed by atoms with E-state index in [1.165, 1.54) is 51.9 Å². The number of carbonyl (C=O) groups excluding carboxylic acids is 2. The number of carbonyl (C=O) groups is 2. The number of aryl methyl sites for hydroxylation is 4. The van der Waals surface area contributed by atoms with Crippen molar-refractivity contribution in [1.82, 2.24) is 25.5 Å². The molecule has 2 aromatic carbocycles. The van der Waals surface area contributed by atoms with Gasteiger partial charge >= 0.3 is 6.09 Å². The lowest BCUT2D eigenvalue weighted by Crippen LogP contribution is -2.40. The van der Waals surface area contributed by atoms with Gasteiger partial charge < -0.3 is 20.3 Å². The van der Waals surface area contributed by atoms with Gasteiger partial charge in [0.25, 0.3) is 0 Å². The van der Waals surface area contributed by atoms with Crippen LogP contribution in [0.5, 0.6) is 0 Å². The standard InChI is InChI=1S/C28H35BrClN3O3.C19H20BrClN2/c1-28(2,3)36-27(35)31-12-4-5-24(34)33-13-10-18(11-14-33)25-23-9-8-22(30)16-19(23)6-7-20-15-21(29)17-32-26(20)25;20-15-9-14-2-1-13-10-16(21)3-4-17(13)18(19(14)23-11-15)12-5-7-22-8-6-12/h8-9,15-18,25H,4-7,10-14H2,1-3H3,(H,31,35);3-4,9-12,18,22H,1-2,5-8H2. The summed E-state index contributed by atoms with van der Waals surface area (Å²) in [4.78, 5) is 36.3. The van der Waals surface area contributed by atoms with Gasteiger partial charge in [0, 0.05) is 69.3 Å². The number of fused-ring (bicyclic) bond motifs is 4. The lowest BCUT2D eigenvalue weighted by molar-refractivity contribution is -0.132. The Hall–Kier alpha value is -3.02. The number of halogens is 4. The quantitative estimate of drug-likeness (QED) is 0.187. The van der Waals surface area contributed by atoms with Crippen LogP contribution >= 0.6 is 55.1 Å². The molecule has 0 radical (unpaired) electrons. The van der Waals surface area contributed by atoms with Crippen LogP contribution in [0.2, 0.25) is 10.0 Å². The van der Waals surface area contributed by atoms with Crippen molar-refractivity contribution in [2.45, 2.75) is 102 Å². The fourth-order valence-electron chi connectivity index (χ4n) is 9.48. The van der Waals surface area contributed by atoms with Crippen LogP contribution in [-0.4, -0.2) is 65.2 Å². The van der Waals surface area contributed by atoms with Gasteiger partial charge in [-0.15, -0.1) is 0 Å². The molecule has 2 aromatic heterocycles. The predicted octanol–water partition coefficient (Wildman–Crippen LogP) is 11.0. The largest absolute Gasteiger partial charge is 0.444 e. The Morgan fingerprint density at radius 2 is 1.25 bits per heavy atom. The molecule has 0 bridgehead atoms. The van der Waals surface area contributed by atoms with E-state index >= 15 is 0 Å². The number of pyridine rings is 2. The van der Waals surface area contributed by atoms with E-state index in [1.54, 1.807) is 0 Å². The predicted molar refractivity (Wildman–Crippen MR) is 244 cm³/mol. The molecule has 2 unspecified atom stereocenters. The maximum absolute atomic E-state index is 12.8. The molecule has 4 aromatic rings. The first-order chi connectivity index (χ1) is 28.3. The van der Waals surface area contributed by atoms with E-state index in [-0.39, 0.29) is 11.8 Å². The molecule has 2 fully saturated rings. The lowest BCUT2D eigenvalue weighted by atomic mass is 9.76. The topological polar surface area (TPSA) is 96.5 Å². The zero-order valence-corrected chi connectivity index (χ0v) is 39.0. The van der Waals surface area contributed by atoms with E-state index in [1.807, 2.05) is 50.2 Å². The Bertz CT molecular complexity index is 2020. The average molecular weight is 969 g/mol. The molecule has 2 atom stereocenters. The Balaban J connectivity index is 0.000000196. The summed E-state index contributed by atoms with van der Waals surface area (Å²) in [7, 11) is 0. The first-order valence-electron chi connectivity index (χ1n) is 21.1. The molecule has 2 amide bonds. The average Bonchev–Trinajstić information content (AvgIpc) is 3.46. The number of benzene rings is 2. The third-order valence-electron chi connectivity index (χ3n) is 12.2. The number of nitrogens with one attached hydrogen (secondary N) is 2. The zero-order valence-electron chi connectivity index (χ0n) is 34.3. The second kappa shape index (κ2) is 19.8. The number of nitrogens with zero attached hydrogens (tertiary/aromatic N) is 3. The molecule has 314 valence electrons. The first kappa shape index (κ1) is 44.0. The zero-order chi connectivity index (χ0) is 41.7. The third kappa shape index (κ3) is 11.3. The fourth-order valence-corrected chi connectivity index (χ4v) is 10.6. The summed E-state index contributed by atoms with van der Waals surface area (Å²) >= 11 is 19.8. The smallest absolute Gasteiger partial charge is 0.407 e. The van der Waals surface area contributed by atoms with Crippen LogP contribution in [0.15, 0.2) is 69.9 Å². The van der Waals surface area contributed by atoms with Crippen LogP contribution in [0.25, 0.3) is 0 Å². The van der Waals surface area contributed by atoms with E-state index in [0.717, 1.165) is 89.4 Å². The van der Waals surface area contributed by atoms with Crippen molar-refractivity contribution in [3.8, 4) is 0 Å². The maximum atomic E-state index is 12.8. The maximum Gasteiger partial charge on any atom is 0.407 e. The number of hydrogen-bond donors (Lipinski definition) is 2. The molecule has 0 saturated carbocycles. The number of amides is 2. The highest BCUT2D eigenvalue weighted by molar-refractivity contribution is 9.10. The normalized spacial score (nSPS) is 19.4. The van der Waals surface area contributed by atoms with E-state index in [9.17, 15) is 9.59 Å². The monoisotopic (exact) mass is 965 g/mol. The highest BCUT2D eigenvalue weighted by Crippen LogP contribution is 2.44. The highest BCUT2D eigenvalue weighted by Gasteiger charge is 2.36. The number of likely N-dealkylation sites (tertiary alicyclic amines) is 1. The minimum atomic E-state index is -0.527. The molecule has 4 aliphatic rings. The molecule has 8 rings (SSSR count). The van der Waals surface area contributed by atoms with Gasteiger partial charge in [0.1, 0.15) is 5.60 Å². The van der Waals surface area contributed by atoms with Gasteiger partial charge in [-0.3, -0.25) is 14.8 Å². The highest BCUT2D eigenvalue weighted by atomic mass is 79.9. The van der Waals surface area contributed by atoms with E-state index < -0.39 is 11.7 Å². The summed E-state index contributed by atoms with van der Waals surface area (Å²) in [5, 5.41) is 7.83. The van der Waals surface area contributed by atoms with Gasteiger partial charge in [0.05, 0.1) is 11.4 Å². The molecule has 4 heterocycles. The molecule has 2 aliphatic carbocycles. The van der Waals surface area contributed by atoms with Gasteiger partial charge in [0.15, 0.2) is 0 Å². The minimum absolute atomic E-state index is 0.148. The molecular weight excluding hydrogens is 913 g/mol. The van der Waals surface area contributed by atoms with Crippen molar-refractivity contribution in [3.63, 3.8) is 0 Å². The summed E-state index contributed by atoms with van der Waals surface area (Å²) in [5.74, 6) is 1.82. The summed E-state index contributed by atoms with van der Waals surface area (Å²) < 4.78 is 7.32. The Morgan fingerprint density at radius 1 is 0.763 bits per heavy atom. The lowest BCUT2D eigenvalue weighted by Gasteiger charge is -2.37. The number of ether oxygens (including phenoxy) is 1. The number of alkyl carbamates (subject to hydrolysis) is 1. The molecule has 12 heteroatoms. The number of aromatic nitrogens is 2. The van der Waals surface area contributed by atoms with Crippen LogP contribution in [0, 0.1) is 11.8 Å². The van der Waals surface area contributed by atoms with Gasteiger partial charge in [-0.25, -0.2) is 4.79 Å². The minimum Gasteiger partial charge on any atom is -0.444 e. The van der Waals surface area contributed by atoms with Crippen LogP contribution in [0.4, 0.5) is 4.79 Å². The van der Waals surface area contributed by atoms with Crippen LogP contribution < -0.4 is 10.6 Å². The second-order valence-electron chi connectivity index (χ2n) is 17.4. The summed E-state index contributed by atoms with van der Waals surface area (Å²) in [6.45, 7) is 9.62. The van der Waals surface area contributed by atoms with Crippen molar-refractivity contribution in [3.05, 3.63) is 125 Å². The van der Waals surface area contributed by atoms with Crippen LogP contribution in [0.1, 0.15) is 116 Å². The van der Waals surface area contributed by atoms with Crippen molar-refractivity contribution < 1.29 is 14.3 Å². The van der Waals surface area contributed by atoms with Gasteiger partial charge in [-0.05, 0) is 205 Å². The molecule has 2 N–H and O–H groups in total. The van der Waals surface area contributed by atoms with Crippen molar-refractivity contribution in [2.75, 3.05) is 32.7 Å². The van der Waals surface area contributed by atoms with E-state index in [0.29, 0.717) is 37.1 Å². The van der Waals surface area contributed by atoms with Crippen molar-refractivity contribution >= 4 is 67.1 Å². The van der Waals surface area contributed by atoms with Crippen molar-refractivity contribution in [2.24, 2.45) is 11.8 Å². The molecule has 2 saturated heterocycles. The molecule has 8 nitrogen and oxygen atoms in total. The van der Waals surface area contributed by atoms with Crippen LogP contribution in [0.3, 0.4) is 0 Å². The first-order valence-corrected chi connectivity index (χ1v) is 23.5. The number of rotatable bonds is 6. The van der Waals surface area contributed by atoms with Crippen LogP contribution in [-0.2, 0) is 35.2 Å². The Kier molecular flexibility index (Phi) is 14.8. The second-order valence-corrected chi connectivity index (χ2v) is 20.1. The summed E-state index contributed by atoms with van der Waals surface area (Å²) in [5.41, 5.74) is 10.1. The Morgan fingerprint density at radius 3 is 1.76 bits per heavy atom.